The first-order chi connectivity index (χ1) is 4.29. The van der Waals surface area contributed by atoms with Gasteiger partial charge in [-0.2, -0.15) is 11.1 Å². The highest BCUT2D eigenvalue weighted by Gasteiger charge is 2.08. The Labute approximate surface area is 75.1 Å². The van der Waals surface area contributed by atoms with Gasteiger partial charge in [0.05, 0.1) is 0 Å². The molecule has 0 rings (SSSR count). The van der Waals surface area contributed by atoms with Gasteiger partial charge in [0, 0.05) is 0 Å². The molecule has 0 unspecified atom stereocenters. The molecule has 0 saturated heterocycles. The number of halogens is 1. The molecule has 0 radical (unpaired) electrons. The average molecular weight is 215 g/mol. The molecule has 0 heterocycles. The van der Waals surface area contributed by atoms with E-state index in [-0.39, 0.29) is 0 Å². The van der Waals surface area contributed by atoms with E-state index in [2.05, 4.69) is 32.7 Å². The van der Waals surface area contributed by atoms with Crippen molar-refractivity contribution in [2.24, 2.45) is 0 Å². The molecule has 1 nitrogen and oxygen atoms in total. The van der Waals surface area contributed by atoms with Crippen LogP contribution in [0.3, 0.4) is 0 Å². The molecular formula is C5H19ClOSi3. The highest BCUT2D eigenvalue weighted by Crippen LogP contribution is 1.96. The van der Waals surface area contributed by atoms with Crippen molar-refractivity contribution >= 4 is 38.0 Å². The summed E-state index contributed by atoms with van der Waals surface area (Å²) in [6, 6.07) is 0. The lowest BCUT2D eigenvalue weighted by Gasteiger charge is -2.11. The topological polar surface area (TPSA) is 9.23 Å². The van der Waals surface area contributed by atoms with Crippen LogP contribution in [0.5, 0.6) is 0 Å². The van der Waals surface area contributed by atoms with Crippen LogP contribution in [0.25, 0.3) is 0 Å². The third-order valence-corrected chi connectivity index (χ3v) is 5.51. The lowest BCUT2D eigenvalue weighted by atomic mass is 11.8. The van der Waals surface area contributed by atoms with E-state index in [4.69, 9.17) is 15.2 Å². The second-order valence-electron chi connectivity index (χ2n) is 3.33. The molecule has 5 heteroatoms. The Balaban J connectivity index is 0. The average Bonchev–Trinajstić information content (AvgIpc) is 1.63. The van der Waals surface area contributed by atoms with E-state index in [0.717, 1.165) is 10.5 Å². The van der Waals surface area contributed by atoms with E-state index < -0.39 is 16.4 Å². The molecule has 10 heavy (non-hydrogen) atoms. The molecule has 0 aromatic carbocycles. The van der Waals surface area contributed by atoms with Crippen LogP contribution in [0.2, 0.25) is 32.7 Å². The number of rotatable bonds is 1. The normalized spacial score (nSPS) is 11.1. The molecule has 0 aromatic heterocycles. The predicted octanol–water partition coefficient (Wildman–Crippen LogP) is 1.33. The van der Waals surface area contributed by atoms with Crippen molar-refractivity contribution in [2.45, 2.75) is 32.7 Å². The van der Waals surface area contributed by atoms with Crippen molar-refractivity contribution in [3.63, 3.8) is 0 Å². The summed E-state index contributed by atoms with van der Waals surface area (Å²) < 4.78 is 5.22. The first-order valence-corrected chi connectivity index (χ1v) is 11.8. The minimum Gasteiger partial charge on any atom is -0.464 e. The molecule has 0 aliphatic carbocycles. The zero-order valence-corrected chi connectivity index (χ0v) is 12.8. The standard InChI is InChI=1S/C3H12OSi2.C2H7ClSi/c1-6(2,3)4-5;1-4(2)3/h1-3,5H3;4H,1-2H3. The first-order valence-electron chi connectivity index (χ1n) is 3.49. The Bertz CT molecular complexity index is 69.0. The van der Waals surface area contributed by atoms with Gasteiger partial charge in [-0.1, -0.05) is 13.1 Å². The summed E-state index contributed by atoms with van der Waals surface area (Å²) in [7, 11) is -0.826. The van der Waals surface area contributed by atoms with E-state index in [9.17, 15) is 0 Å². The summed E-state index contributed by atoms with van der Waals surface area (Å²) in [4.78, 5) is 0. The van der Waals surface area contributed by atoms with E-state index >= 15 is 0 Å². The van der Waals surface area contributed by atoms with Crippen molar-refractivity contribution in [3.05, 3.63) is 0 Å². The predicted molar refractivity (Wildman–Crippen MR) is 59.1 cm³/mol. The summed E-state index contributed by atoms with van der Waals surface area (Å²) in [6.07, 6.45) is 0. The molecule has 0 atom stereocenters. The van der Waals surface area contributed by atoms with Gasteiger partial charge in [-0.05, 0) is 19.6 Å². The Kier molecular flexibility index (Phi) is 8.90. The smallest absolute Gasteiger partial charge is 0.169 e. The molecular weight excluding hydrogens is 196 g/mol. The number of hydrogen-bond acceptors (Lipinski definition) is 1. The molecule has 64 valence electrons. The van der Waals surface area contributed by atoms with Crippen LogP contribution >= 0.6 is 11.1 Å². The third kappa shape index (κ3) is 36.5. The van der Waals surface area contributed by atoms with Crippen molar-refractivity contribution in [3.8, 4) is 0 Å². The summed E-state index contributed by atoms with van der Waals surface area (Å²) in [5, 5.41) is 0. The molecule has 0 saturated carbocycles. The van der Waals surface area contributed by atoms with Gasteiger partial charge in [0.25, 0.3) is 0 Å². The van der Waals surface area contributed by atoms with Gasteiger partial charge in [0.1, 0.15) is 18.6 Å². The molecule has 0 aromatic rings. The van der Waals surface area contributed by atoms with Gasteiger partial charge in [-0.15, -0.1) is 0 Å². The molecule has 0 spiro atoms. The number of hydrogen-bond donors (Lipinski definition) is 0. The van der Waals surface area contributed by atoms with Crippen LogP contribution in [-0.2, 0) is 4.12 Å². The Morgan fingerprint density at radius 3 is 1.40 bits per heavy atom. The maximum atomic E-state index is 5.41. The fourth-order valence-corrected chi connectivity index (χ4v) is 0. The van der Waals surface area contributed by atoms with E-state index in [1.807, 2.05) is 0 Å². The van der Waals surface area contributed by atoms with Gasteiger partial charge < -0.3 is 4.12 Å². The highest BCUT2D eigenvalue weighted by atomic mass is 35.6. The van der Waals surface area contributed by atoms with Crippen LogP contribution in [-0.4, -0.2) is 26.9 Å². The zero-order chi connectivity index (χ0) is 8.78. The van der Waals surface area contributed by atoms with Crippen molar-refractivity contribution < 1.29 is 4.12 Å². The summed E-state index contributed by atoms with van der Waals surface area (Å²) in [5.74, 6) is 0. The van der Waals surface area contributed by atoms with Gasteiger partial charge >= 0.3 is 0 Å². The monoisotopic (exact) mass is 214 g/mol. The maximum Gasteiger partial charge on any atom is 0.169 e. The molecule has 0 aliphatic heterocycles. The molecule has 0 N–H and O–H groups in total. The Hall–Kier alpha value is 0.901. The quantitative estimate of drug-likeness (QED) is 0.473. The van der Waals surface area contributed by atoms with Crippen LogP contribution in [0.1, 0.15) is 0 Å². The lowest BCUT2D eigenvalue weighted by molar-refractivity contribution is 0.620. The fourth-order valence-electron chi connectivity index (χ4n) is 0. The second kappa shape index (κ2) is 6.60. The van der Waals surface area contributed by atoms with Crippen molar-refractivity contribution in [2.75, 3.05) is 0 Å². The van der Waals surface area contributed by atoms with Crippen LogP contribution < -0.4 is 0 Å². The zero-order valence-electron chi connectivity index (χ0n) is 7.86. The van der Waals surface area contributed by atoms with Gasteiger partial charge in [0.2, 0.25) is 0 Å². The molecule has 0 bridgehead atoms. The van der Waals surface area contributed by atoms with Gasteiger partial charge in [0.15, 0.2) is 8.32 Å². The molecule has 0 fully saturated rings. The van der Waals surface area contributed by atoms with Gasteiger partial charge in [-0.25, -0.2) is 0 Å². The fraction of sp³-hybridized carbons (Fsp3) is 1.00. The molecule has 0 aliphatic rings. The third-order valence-electron chi connectivity index (χ3n) is 0.612. The minimum absolute atomic E-state index is 0.667. The maximum absolute atomic E-state index is 5.41. The minimum atomic E-state index is -1.07. The van der Waals surface area contributed by atoms with Crippen LogP contribution in [0.4, 0.5) is 0 Å². The Morgan fingerprint density at radius 2 is 1.40 bits per heavy atom. The second-order valence-corrected chi connectivity index (χ2v) is 13.8. The first kappa shape index (κ1) is 13.5. The van der Waals surface area contributed by atoms with E-state index in [1.165, 1.54) is 0 Å². The molecule has 0 amide bonds. The van der Waals surface area contributed by atoms with Crippen LogP contribution in [0, 0.1) is 0 Å². The van der Waals surface area contributed by atoms with E-state index in [1.54, 1.807) is 0 Å². The summed E-state index contributed by atoms with van der Waals surface area (Å²) >= 11 is 5.41. The highest BCUT2D eigenvalue weighted by molar-refractivity contribution is 7.05. The van der Waals surface area contributed by atoms with Crippen molar-refractivity contribution in [1.82, 2.24) is 0 Å². The van der Waals surface area contributed by atoms with E-state index in [0.29, 0.717) is 0 Å². The SMILES string of the molecule is C[SiH](C)Cl.C[Si](C)(C)O[SiH3]. The lowest BCUT2D eigenvalue weighted by Crippen LogP contribution is -2.23. The Morgan fingerprint density at radius 1 is 1.30 bits per heavy atom. The largest absolute Gasteiger partial charge is 0.464 e. The van der Waals surface area contributed by atoms with Crippen LogP contribution in [0.15, 0.2) is 0 Å². The van der Waals surface area contributed by atoms with Crippen molar-refractivity contribution in [1.29, 1.82) is 0 Å². The van der Waals surface area contributed by atoms with Gasteiger partial charge in [-0.3, -0.25) is 0 Å². The summed E-state index contributed by atoms with van der Waals surface area (Å²) in [6.45, 7) is 10.7. The summed E-state index contributed by atoms with van der Waals surface area (Å²) in [5.41, 5.74) is 0.